The molecule has 0 aromatic heterocycles. The van der Waals surface area contributed by atoms with Crippen LogP contribution < -0.4 is 4.90 Å². The zero-order valence-corrected chi connectivity index (χ0v) is 12.7. The fourth-order valence-corrected chi connectivity index (χ4v) is 3.59. The summed E-state index contributed by atoms with van der Waals surface area (Å²) in [5, 5.41) is 0. The first-order valence-corrected chi connectivity index (χ1v) is 8.10. The minimum Gasteiger partial charge on any atom is -0.315 e. The van der Waals surface area contributed by atoms with Gasteiger partial charge in [0.1, 0.15) is 0 Å². The van der Waals surface area contributed by atoms with Crippen molar-refractivity contribution < 1.29 is 9.59 Å². The van der Waals surface area contributed by atoms with Crippen LogP contribution in [0.4, 0.5) is 5.69 Å². The highest BCUT2D eigenvalue weighted by molar-refractivity contribution is 6.00. The molecule has 3 rings (SSSR count). The predicted molar refractivity (Wildman–Crippen MR) is 83.7 cm³/mol. The number of carbonyl (C=O) groups is 2. The van der Waals surface area contributed by atoms with E-state index in [0.717, 1.165) is 36.1 Å². The van der Waals surface area contributed by atoms with Gasteiger partial charge in [0.2, 0.25) is 5.91 Å². The first kappa shape index (κ1) is 14.3. The van der Waals surface area contributed by atoms with E-state index in [0.29, 0.717) is 12.2 Å². The molecule has 1 aliphatic heterocycles. The molecule has 0 spiro atoms. The molecule has 1 aromatic carbocycles. The van der Waals surface area contributed by atoms with Gasteiger partial charge in [-0.05, 0) is 43.0 Å². The molecule has 1 fully saturated rings. The van der Waals surface area contributed by atoms with E-state index in [2.05, 4.69) is 0 Å². The van der Waals surface area contributed by atoms with Crippen molar-refractivity contribution in [3.63, 3.8) is 0 Å². The molecular formula is C18H23NO2. The van der Waals surface area contributed by atoms with E-state index in [1.165, 1.54) is 25.7 Å². The molecule has 1 saturated carbocycles. The Hall–Kier alpha value is -1.64. The third kappa shape index (κ3) is 2.87. The number of aryl methyl sites for hydroxylation is 1. The molecule has 112 valence electrons. The maximum absolute atomic E-state index is 12.7. The predicted octanol–water partition coefficient (Wildman–Crippen LogP) is 3.75. The van der Waals surface area contributed by atoms with Gasteiger partial charge < -0.3 is 4.90 Å². The van der Waals surface area contributed by atoms with Crippen molar-refractivity contribution in [3.8, 4) is 0 Å². The topological polar surface area (TPSA) is 37.4 Å². The van der Waals surface area contributed by atoms with E-state index >= 15 is 0 Å². The van der Waals surface area contributed by atoms with Crippen LogP contribution >= 0.6 is 0 Å². The zero-order valence-electron chi connectivity index (χ0n) is 12.7. The number of nitrogens with zero attached hydrogens (tertiary/aromatic N) is 1. The Morgan fingerprint density at radius 2 is 1.81 bits per heavy atom. The third-order valence-corrected chi connectivity index (χ3v) is 4.93. The Balaban J connectivity index is 1.83. The standard InChI is InChI=1S/C18H23NO2/c1-19-16-10-8-15(12-14(16)9-11-17(19)20)18(21)13-6-4-2-3-5-7-13/h8,10,12-13H,2-7,9,11H2,1H3. The molecule has 1 amide bonds. The SMILES string of the molecule is CN1C(=O)CCc2cc(C(=O)C3CCCCCC3)ccc21. The van der Waals surface area contributed by atoms with Crippen LogP contribution in [0.15, 0.2) is 18.2 Å². The smallest absolute Gasteiger partial charge is 0.227 e. The quantitative estimate of drug-likeness (QED) is 0.613. The fourth-order valence-electron chi connectivity index (χ4n) is 3.59. The Bertz CT molecular complexity index is 556. The third-order valence-electron chi connectivity index (χ3n) is 4.93. The highest BCUT2D eigenvalue weighted by atomic mass is 16.2. The van der Waals surface area contributed by atoms with Crippen LogP contribution in [-0.4, -0.2) is 18.7 Å². The first-order chi connectivity index (χ1) is 10.2. The minimum atomic E-state index is 0.158. The summed E-state index contributed by atoms with van der Waals surface area (Å²) in [7, 11) is 1.81. The van der Waals surface area contributed by atoms with Crippen LogP contribution in [0.1, 0.15) is 60.9 Å². The molecule has 2 aliphatic rings. The van der Waals surface area contributed by atoms with Gasteiger partial charge in [0.25, 0.3) is 0 Å². The summed E-state index contributed by atoms with van der Waals surface area (Å²) in [4.78, 5) is 26.1. The van der Waals surface area contributed by atoms with E-state index in [9.17, 15) is 9.59 Å². The summed E-state index contributed by atoms with van der Waals surface area (Å²) in [6.07, 6.45) is 8.26. The highest BCUT2D eigenvalue weighted by Crippen LogP contribution is 2.30. The van der Waals surface area contributed by atoms with Crippen molar-refractivity contribution in [2.75, 3.05) is 11.9 Å². The Morgan fingerprint density at radius 3 is 2.52 bits per heavy atom. The second kappa shape index (κ2) is 6.00. The van der Waals surface area contributed by atoms with Crippen molar-refractivity contribution in [2.24, 2.45) is 5.92 Å². The molecule has 3 nitrogen and oxygen atoms in total. The molecule has 1 aliphatic carbocycles. The Kier molecular flexibility index (Phi) is 4.09. The summed E-state index contributed by atoms with van der Waals surface area (Å²) in [6.45, 7) is 0. The number of hydrogen-bond acceptors (Lipinski definition) is 2. The van der Waals surface area contributed by atoms with Gasteiger partial charge in [0.05, 0.1) is 0 Å². The second-order valence-electron chi connectivity index (χ2n) is 6.35. The van der Waals surface area contributed by atoms with E-state index in [4.69, 9.17) is 0 Å². The number of ketones is 1. The average Bonchev–Trinajstić information content (AvgIpc) is 2.79. The lowest BCUT2D eigenvalue weighted by molar-refractivity contribution is -0.118. The fraction of sp³-hybridized carbons (Fsp3) is 0.556. The van der Waals surface area contributed by atoms with Crippen LogP contribution in [0.25, 0.3) is 0 Å². The molecular weight excluding hydrogens is 262 g/mol. The Morgan fingerprint density at radius 1 is 1.10 bits per heavy atom. The summed E-state index contributed by atoms with van der Waals surface area (Å²) in [6, 6.07) is 5.86. The van der Waals surface area contributed by atoms with Crippen molar-refractivity contribution >= 4 is 17.4 Å². The molecule has 0 radical (unpaired) electrons. The number of carbonyl (C=O) groups excluding carboxylic acids is 2. The Labute approximate surface area is 126 Å². The number of Topliss-reactive ketones (excluding diaryl/α,β-unsaturated/α-hetero) is 1. The molecule has 0 bridgehead atoms. The summed E-state index contributed by atoms with van der Waals surface area (Å²) in [5.74, 6) is 0.665. The number of benzene rings is 1. The molecule has 1 heterocycles. The van der Waals surface area contributed by atoms with Crippen LogP contribution in [0.3, 0.4) is 0 Å². The number of fused-ring (bicyclic) bond motifs is 1. The van der Waals surface area contributed by atoms with Gasteiger partial charge >= 0.3 is 0 Å². The van der Waals surface area contributed by atoms with Crippen LogP contribution in [-0.2, 0) is 11.2 Å². The summed E-state index contributed by atoms with van der Waals surface area (Å²) in [5.41, 5.74) is 2.93. The van der Waals surface area contributed by atoms with Gasteiger partial charge in [-0.2, -0.15) is 0 Å². The first-order valence-electron chi connectivity index (χ1n) is 8.10. The second-order valence-corrected chi connectivity index (χ2v) is 6.35. The van der Waals surface area contributed by atoms with Crippen molar-refractivity contribution in [3.05, 3.63) is 29.3 Å². The highest BCUT2D eigenvalue weighted by Gasteiger charge is 2.25. The molecule has 1 aromatic rings. The lowest BCUT2D eigenvalue weighted by Gasteiger charge is -2.26. The normalized spacial score (nSPS) is 20.0. The lowest BCUT2D eigenvalue weighted by atomic mass is 9.89. The monoisotopic (exact) mass is 285 g/mol. The number of anilines is 1. The summed E-state index contributed by atoms with van der Waals surface area (Å²) >= 11 is 0. The van der Waals surface area contributed by atoms with E-state index in [1.54, 1.807) is 4.90 Å². The van der Waals surface area contributed by atoms with E-state index in [-0.39, 0.29) is 11.8 Å². The van der Waals surface area contributed by atoms with E-state index < -0.39 is 0 Å². The molecule has 3 heteroatoms. The van der Waals surface area contributed by atoms with Crippen LogP contribution in [0.2, 0.25) is 0 Å². The number of hydrogen-bond donors (Lipinski definition) is 0. The van der Waals surface area contributed by atoms with Gasteiger partial charge in [-0.25, -0.2) is 0 Å². The average molecular weight is 285 g/mol. The van der Waals surface area contributed by atoms with Crippen molar-refractivity contribution in [1.29, 1.82) is 0 Å². The van der Waals surface area contributed by atoms with Gasteiger partial charge in [-0.15, -0.1) is 0 Å². The molecule has 21 heavy (non-hydrogen) atoms. The summed E-state index contributed by atoms with van der Waals surface area (Å²) < 4.78 is 0. The van der Waals surface area contributed by atoms with Gasteiger partial charge in [-0.3, -0.25) is 9.59 Å². The molecule has 0 atom stereocenters. The molecule has 0 unspecified atom stereocenters. The van der Waals surface area contributed by atoms with Crippen LogP contribution in [0.5, 0.6) is 0 Å². The largest absolute Gasteiger partial charge is 0.315 e. The molecule has 0 saturated heterocycles. The maximum Gasteiger partial charge on any atom is 0.227 e. The lowest BCUT2D eigenvalue weighted by Crippen LogP contribution is -2.31. The van der Waals surface area contributed by atoms with Crippen LogP contribution in [0, 0.1) is 5.92 Å². The minimum absolute atomic E-state index is 0.158. The number of rotatable bonds is 2. The zero-order chi connectivity index (χ0) is 14.8. The van der Waals surface area contributed by atoms with Crippen molar-refractivity contribution in [2.45, 2.75) is 51.4 Å². The maximum atomic E-state index is 12.7. The van der Waals surface area contributed by atoms with Gasteiger partial charge in [0, 0.05) is 30.6 Å². The number of amides is 1. The van der Waals surface area contributed by atoms with Gasteiger partial charge in [0.15, 0.2) is 5.78 Å². The van der Waals surface area contributed by atoms with E-state index in [1.807, 2.05) is 25.2 Å². The van der Waals surface area contributed by atoms with Crippen molar-refractivity contribution in [1.82, 2.24) is 0 Å². The molecule has 0 N–H and O–H groups in total. The van der Waals surface area contributed by atoms with Gasteiger partial charge in [-0.1, -0.05) is 25.7 Å².